The summed E-state index contributed by atoms with van der Waals surface area (Å²) in [5.41, 5.74) is 1.49. The average molecular weight is 285 g/mol. The summed E-state index contributed by atoms with van der Waals surface area (Å²) in [7, 11) is 0. The molecule has 0 radical (unpaired) electrons. The maximum atomic E-state index is 9.94. The van der Waals surface area contributed by atoms with Gasteiger partial charge in [-0.1, -0.05) is 48.8 Å². The third-order valence-corrected chi connectivity index (χ3v) is 3.08. The van der Waals surface area contributed by atoms with Crippen LogP contribution >= 0.6 is 15.9 Å². The van der Waals surface area contributed by atoms with Gasteiger partial charge in [0, 0.05) is 4.47 Å². The molecule has 1 N–H and O–H groups in total. The van der Waals surface area contributed by atoms with Crippen LogP contribution in [0.5, 0.6) is 0 Å². The van der Waals surface area contributed by atoms with Crippen LogP contribution in [0.25, 0.3) is 0 Å². The van der Waals surface area contributed by atoms with Crippen LogP contribution < -0.4 is 0 Å². The van der Waals surface area contributed by atoms with Gasteiger partial charge >= 0.3 is 0 Å². The second kappa shape index (κ2) is 5.83. The fourth-order valence-electron chi connectivity index (χ4n) is 1.64. The van der Waals surface area contributed by atoms with Crippen molar-refractivity contribution >= 4 is 15.9 Å². The molecule has 1 aromatic rings. The van der Waals surface area contributed by atoms with Crippen LogP contribution in [0, 0.1) is 5.41 Å². The molecule has 0 aliphatic heterocycles. The van der Waals surface area contributed by atoms with Gasteiger partial charge in [0.1, 0.15) is 0 Å². The van der Waals surface area contributed by atoms with Gasteiger partial charge in [-0.3, -0.25) is 0 Å². The van der Waals surface area contributed by atoms with Gasteiger partial charge in [0.05, 0.1) is 6.10 Å². The Morgan fingerprint density at radius 3 is 2.56 bits per heavy atom. The molecule has 2 heteroatoms. The van der Waals surface area contributed by atoms with Gasteiger partial charge < -0.3 is 5.11 Å². The molecule has 0 heterocycles. The lowest BCUT2D eigenvalue weighted by Crippen LogP contribution is -2.15. The second-order valence-corrected chi connectivity index (χ2v) is 6.50. The Morgan fingerprint density at radius 2 is 2.00 bits per heavy atom. The maximum Gasteiger partial charge on any atom is 0.0580 e. The van der Waals surface area contributed by atoms with Crippen molar-refractivity contribution in [2.24, 2.45) is 5.41 Å². The SMILES string of the molecule is CC(C)(C)CCC(O)Cc1cccc(Br)c1. The lowest BCUT2D eigenvalue weighted by molar-refractivity contribution is 0.146. The van der Waals surface area contributed by atoms with E-state index in [-0.39, 0.29) is 6.10 Å². The van der Waals surface area contributed by atoms with Gasteiger partial charge in [0.2, 0.25) is 0 Å². The third kappa shape index (κ3) is 5.66. The van der Waals surface area contributed by atoms with E-state index in [1.54, 1.807) is 0 Å². The smallest absolute Gasteiger partial charge is 0.0580 e. The zero-order valence-corrected chi connectivity index (χ0v) is 11.9. The van der Waals surface area contributed by atoms with E-state index in [1.165, 1.54) is 5.56 Å². The Labute approximate surface area is 107 Å². The Bertz CT molecular complexity index is 328. The van der Waals surface area contributed by atoms with E-state index in [1.807, 2.05) is 12.1 Å². The van der Waals surface area contributed by atoms with Crippen molar-refractivity contribution in [2.45, 2.75) is 46.1 Å². The molecular formula is C14H21BrO. The first-order chi connectivity index (χ1) is 7.37. The highest BCUT2D eigenvalue weighted by molar-refractivity contribution is 9.10. The van der Waals surface area contributed by atoms with E-state index in [4.69, 9.17) is 0 Å². The molecular weight excluding hydrogens is 264 g/mol. The monoisotopic (exact) mass is 284 g/mol. The Balaban J connectivity index is 2.43. The normalized spacial score (nSPS) is 13.8. The molecule has 1 rings (SSSR count). The minimum atomic E-state index is -0.228. The molecule has 0 bridgehead atoms. The fraction of sp³-hybridized carbons (Fsp3) is 0.571. The lowest BCUT2D eigenvalue weighted by Gasteiger charge is -2.20. The summed E-state index contributed by atoms with van der Waals surface area (Å²) < 4.78 is 1.08. The van der Waals surface area contributed by atoms with Crippen LogP contribution in [0.3, 0.4) is 0 Å². The summed E-state index contributed by atoms with van der Waals surface area (Å²) in [6.07, 6.45) is 2.45. The topological polar surface area (TPSA) is 20.2 Å². The number of benzene rings is 1. The first-order valence-electron chi connectivity index (χ1n) is 5.79. The Hall–Kier alpha value is -0.340. The highest BCUT2D eigenvalue weighted by Gasteiger charge is 2.13. The molecule has 0 spiro atoms. The zero-order valence-electron chi connectivity index (χ0n) is 10.3. The molecule has 0 aliphatic carbocycles. The summed E-state index contributed by atoms with van der Waals surface area (Å²) in [5, 5.41) is 9.94. The van der Waals surface area contributed by atoms with Gasteiger partial charge in [-0.25, -0.2) is 0 Å². The van der Waals surface area contributed by atoms with Crippen molar-refractivity contribution < 1.29 is 5.11 Å². The first-order valence-corrected chi connectivity index (χ1v) is 6.59. The molecule has 0 fully saturated rings. The summed E-state index contributed by atoms with van der Waals surface area (Å²) in [4.78, 5) is 0. The van der Waals surface area contributed by atoms with E-state index < -0.39 is 0 Å². The number of hydrogen-bond acceptors (Lipinski definition) is 1. The number of hydrogen-bond donors (Lipinski definition) is 1. The average Bonchev–Trinajstić information content (AvgIpc) is 2.14. The highest BCUT2D eigenvalue weighted by atomic mass is 79.9. The van der Waals surface area contributed by atoms with Crippen LogP contribution in [0.15, 0.2) is 28.7 Å². The van der Waals surface area contributed by atoms with Crippen molar-refractivity contribution in [2.75, 3.05) is 0 Å². The van der Waals surface area contributed by atoms with Gasteiger partial charge in [-0.2, -0.15) is 0 Å². The van der Waals surface area contributed by atoms with Crippen molar-refractivity contribution in [3.8, 4) is 0 Å². The number of rotatable bonds is 4. The molecule has 1 aromatic carbocycles. The quantitative estimate of drug-likeness (QED) is 0.880. The molecule has 1 unspecified atom stereocenters. The molecule has 0 amide bonds. The summed E-state index contributed by atoms with van der Waals surface area (Å²) in [6.45, 7) is 6.62. The summed E-state index contributed by atoms with van der Waals surface area (Å²) in [5.74, 6) is 0. The van der Waals surface area contributed by atoms with Crippen molar-refractivity contribution in [1.29, 1.82) is 0 Å². The molecule has 90 valence electrons. The van der Waals surface area contributed by atoms with Crippen molar-refractivity contribution in [3.05, 3.63) is 34.3 Å². The van der Waals surface area contributed by atoms with E-state index in [2.05, 4.69) is 48.8 Å². The number of halogens is 1. The van der Waals surface area contributed by atoms with Crippen LogP contribution in [-0.2, 0) is 6.42 Å². The van der Waals surface area contributed by atoms with Gasteiger partial charge in [-0.05, 0) is 42.4 Å². The molecule has 0 saturated carbocycles. The summed E-state index contributed by atoms with van der Waals surface area (Å²) >= 11 is 3.44. The van der Waals surface area contributed by atoms with Gasteiger partial charge in [-0.15, -0.1) is 0 Å². The van der Waals surface area contributed by atoms with Crippen LogP contribution in [-0.4, -0.2) is 11.2 Å². The predicted octanol–water partition coefficient (Wildman–Crippen LogP) is 4.18. The Kier molecular flexibility index (Phi) is 5.00. The van der Waals surface area contributed by atoms with E-state index in [9.17, 15) is 5.11 Å². The number of aliphatic hydroxyl groups is 1. The summed E-state index contributed by atoms with van der Waals surface area (Å²) in [6, 6.07) is 8.15. The molecule has 1 atom stereocenters. The maximum absolute atomic E-state index is 9.94. The van der Waals surface area contributed by atoms with Crippen molar-refractivity contribution in [1.82, 2.24) is 0 Å². The van der Waals surface area contributed by atoms with Crippen LogP contribution in [0.2, 0.25) is 0 Å². The largest absolute Gasteiger partial charge is 0.393 e. The van der Waals surface area contributed by atoms with Gasteiger partial charge in [0.25, 0.3) is 0 Å². The standard InChI is InChI=1S/C14H21BrO/c1-14(2,3)8-7-13(16)10-11-5-4-6-12(15)9-11/h4-6,9,13,16H,7-8,10H2,1-3H3. The minimum absolute atomic E-state index is 0.228. The first kappa shape index (κ1) is 13.7. The minimum Gasteiger partial charge on any atom is -0.393 e. The van der Waals surface area contributed by atoms with Crippen molar-refractivity contribution in [3.63, 3.8) is 0 Å². The molecule has 16 heavy (non-hydrogen) atoms. The van der Waals surface area contributed by atoms with E-state index in [0.29, 0.717) is 5.41 Å². The second-order valence-electron chi connectivity index (χ2n) is 5.59. The van der Waals surface area contributed by atoms with Crippen LogP contribution in [0.1, 0.15) is 39.2 Å². The molecule has 0 aromatic heterocycles. The molecule has 0 aliphatic rings. The molecule has 0 saturated heterocycles. The number of aliphatic hydroxyl groups excluding tert-OH is 1. The zero-order chi connectivity index (χ0) is 12.2. The van der Waals surface area contributed by atoms with E-state index in [0.717, 1.165) is 23.7 Å². The highest BCUT2D eigenvalue weighted by Crippen LogP contribution is 2.23. The van der Waals surface area contributed by atoms with Crippen LogP contribution in [0.4, 0.5) is 0 Å². The molecule has 1 nitrogen and oxygen atoms in total. The Morgan fingerprint density at radius 1 is 1.31 bits per heavy atom. The van der Waals surface area contributed by atoms with E-state index >= 15 is 0 Å². The third-order valence-electron chi connectivity index (χ3n) is 2.59. The van der Waals surface area contributed by atoms with Gasteiger partial charge in [0.15, 0.2) is 0 Å². The predicted molar refractivity (Wildman–Crippen MR) is 72.5 cm³/mol. The fourth-order valence-corrected chi connectivity index (χ4v) is 2.08. The lowest BCUT2D eigenvalue weighted by atomic mass is 9.88.